The summed E-state index contributed by atoms with van der Waals surface area (Å²) in [6.07, 6.45) is 5.71. The molecule has 2 aromatic rings. The summed E-state index contributed by atoms with van der Waals surface area (Å²) < 4.78 is 27.7. The van der Waals surface area contributed by atoms with Crippen LogP contribution in [0.3, 0.4) is 0 Å². The zero-order valence-electron chi connectivity index (χ0n) is 17.7. The number of thiazole rings is 1. The second-order valence-electron chi connectivity index (χ2n) is 8.07. The van der Waals surface area contributed by atoms with Crippen molar-refractivity contribution in [2.45, 2.75) is 69.6 Å². The number of fused-ring (bicyclic) bond motifs is 1. The smallest absolute Gasteiger partial charge is 0.240 e. The average Bonchev–Trinajstić information content (AvgIpc) is 3.20. The second-order valence-corrected chi connectivity index (χ2v) is 10.7. The molecule has 1 aliphatic carbocycles. The third-order valence-corrected chi connectivity index (χ3v) is 7.92. The summed E-state index contributed by atoms with van der Waals surface area (Å²) in [6.45, 7) is 5.02. The number of aromatic nitrogens is 1. The van der Waals surface area contributed by atoms with E-state index in [-0.39, 0.29) is 12.5 Å². The Balaban J connectivity index is 1.37. The average molecular weight is 450 g/mol. The number of carbonyl (C=O) groups excluding carboxylic acids is 1. The molecule has 30 heavy (non-hydrogen) atoms. The number of carbonyl (C=O) groups is 1. The van der Waals surface area contributed by atoms with Gasteiger partial charge in [-0.3, -0.25) is 4.79 Å². The molecule has 3 rings (SSSR count). The number of nitrogens with zero attached hydrogens (tertiary/aromatic N) is 1. The van der Waals surface area contributed by atoms with Crippen molar-refractivity contribution in [3.8, 4) is 0 Å². The largest absolute Gasteiger partial charge is 0.356 e. The maximum absolute atomic E-state index is 12.5. The first-order valence-corrected chi connectivity index (χ1v) is 13.0. The van der Waals surface area contributed by atoms with Crippen LogP contribution in [-0.4, -0.2) is 32.4 Å². The van der Waals surface area contributed by atoms with Crippen molar-refractivity contribution < 1.29 is 13.2 Å². The molecule has 0 aliphatic heterocycles. The summed E-state index contributed by atoms with van der Waals surface area (Å²) in [5.41, 5.74) is 3.40. The zero-order valence-corrected chi connectivity index (χ0v) is 19.4. The SMILES string of the molecule is CC(C)c1nc(CCNC(=O)CCCNS(=O)(=O)c2ccc3c(c2)CCCC3)cs1. The fourth-order valence-corrected chi connectivity index (χ4v) is 5.53. The Bertz CT molecular complexity index is 968. The van der Waals surface area contributed by atoms with Crippen LogP contribution in [0.25, 0.3) is 0 Å². The molecule has 1 heterocycles. The van der Waals surface area contributed by atoms with Gasteiger partial charge in [0, 0.05) is 37.2 Å². The molecular weight excluding hydrogens is 418 g/mol. The van der Waals surface area contributed by atoms with E-state index in [9.17, 15) is 13.2 Å². The summed E-state index contributed by atoms with van der Waals surface area (Å²) in [6, 6.07) is 5.41. The van der Waals surface area contributed by atoms with Crippen molar-refractivity contribution in [1.29, 1.82) is 0 Å². The fraction of sp³-hybridized carbons (Fsp3) is 0.545. The van der Waals surface area contributed by atoms with E-state index in [4.69, 9.17) is 0 Å². The summed E-state index contributed by atoms with van der Waals surface area (Å²) >= 11 is 1.65. The number of aryl methyl sites for hydroxylation is 2. The fourth-order valence-electron chi connectivity index (χ4n) is 3.54. The quantitative estimate of drug-likeness (QED) is 0.543. The summed E-state index contributed by atoms with van der Waals surface area (Å²) in [5, 5.41) is 6.03. The van der Waals surface area contributed by atoms with Gasteiger partial charge in [-0.1, -0.05) is 19.9 Å². The van der Waals surface area contributed by atoms with Gasteiger partial charge in [0.15, 0.2) is 0 Å². The molecule has 1 aliphatic rings. The van der Waals surface area contributed by atoms with Crippen LogP contribution in [0.1, 0.15) is 67.3 Å². The normalized spacial score (nSPS) is 14.0. The van der Waals surface area contributed by atoms with E-state index in [1.54, 1.807) is 23.5 Å². The van der Waals surface area contributed by atoms with Crippen molar-refractivity contribution in [3.63, 3.8) is 0 Å². The van der Waals surface area contributed by atoms with Crippen LogP contribution < -0.4 is 10.0 Å². The van der Waals surface area contributed by atoms with Crippen LogP contribution >= 0.6 is 11.3 Å². The van der Waals surface area contributed by atoms with Gasteiger partial charge in [0.05, 0.1) is 15.6 Å². The number of rotatable bonds is 10. The number of nitrogens with one attached hydrogen (secondary N) is 2. The van der Waals surface area contributed by atoms with Gasteiger partial charge in [0.2, 0.25) is 15.9 Å². The molecule has 0 spiro atoms. The molecule has 6 nitrogen and oxygen atoms in total. The first-order chi connectivity index (χ1) is 14.3. The van der Waals surface area contributed by atoms with E-state index in [0.717, 1.165) is 35.5 Å². The predicted octanol–water partition coefficient (Wildman–Crippen LogP) is 3.56. The molecule has 0 unspecified atom stereocenters. The Morgan fingerprint density at radius 1 is 1.17 bits per heavy atom. The lowest BCUT2D eigenvalue weighted by Crippen LogP contribution is -2.28. The van der Waals surface area contributed by atoms with E-state index in [0.29, 0.717) is 36.6 Å². The van der Waals surface area contributed by atoms with Gasteiger partial charge in [-0.25, -0.2) is 18.1 Å². The van der Waals surface area contributed by atoms with Crippen LogP contribution in [0, 0.1) is 0 Å². The molecule has 8 heteroatoms. The summed E-state index contributed by atoms with van der Waals surface area (Å²) in [5.74, 6) is 0.353. The number of benzene rings is 1. The third kappa shape index (κ3) is 6.36. The first kappa shape index (κ1) is 22.9. The van der Waals surface area contributed by atoms with E-state index < -0.39 is 10.0 Å². The first-order valence-electron chi connectivity index (χ1n) is 10.7. The minimum atomic E-state index is -3.54. The van der Waals surface area contributed by atoms with Crippen molar-refractivity contribution in [1.82, 2.24) is 15.0 Å². The molecule has 0 saturated heterocycles. The molecule has 164 valence electrons. The monoisotopic (exact) mass is 449 g/mol. The predicted molar refractivity (Wildman–Crippen MR) is 120 cm³/mol. The molecule has 0 bridgehead atoms. The minimum Gasteiger partial charge on any atom is -0.356 e. The maximum atomic E-state index is 12.5. The van der Waals surface area contributed by atoms with Crippen LogP contribution in [-0.2, 0) is 34.1 Å². The molecule has 1 aromatic heterocycles. The van der Waals surface area contributed by atoms with Gasteiger partial charge >= 0.3 is 0 Å². The Hall–Kier alpha value is -1.77. The standard InChI is InChI=1S/C22H31N3O3S2/c1-16(2)22-25-19(15-29-22)11-13-23-21(26)8-5-12-24-30(27,28)20-10-9-17-6-3-4-7-18(17)14-20/h9-10,14-16,24H,3-8,11-13H2,1-2H3,(H,23,26). The summed E-state index contributed by atoms with van der Waals surface area (Å²) in [7, 11) is -3.54. The lowest BCUT2D eigenvalue weighted by Gasteiger charge is -2.16. The molecule has 2 N–H and O–H groups in total. The Labute approximate surface area is 183 Å². The van der Waals surface area contributed by atoms with E-state index in [1.165, 1.54) is 12.0 Å². The number of hydrogen-bond donors (Lipinski definition) is 2. The molecule has 1 amide bonds. The third-order valence-electron chi connectivity index (χ3n) is 5.27. The van der Waals surface area contributed by atoms with E-state index in [2.05, 4.69) is 28.9 Å². The highest BCUT2D eigenvalue weighted by atomic mass is 32.2. The Morgan fingerprint density at radius 2 is 1.93 bits per heavy atom. The molecular formula is C22H31N3O3S2. The minimum absolute atomic E-state index is 0.0673. The molecule has 1 aromatic carbocycles. The van der Waals surface area contributed by atoms with Crippen molar-refractivity contribution in [2.75, 3.05) is 13.1 Å². The molecule has 0 fully saturated rings. The topological polar surface area (TPSA) is 88.2 Å². The van der Waals surface area contributed by atoms with Gasteiger partial charge in [0.1, 0.15) is 0 Å². The Kier molecular flexibility index (Phi) is 8.02. The molecule has 0 atom stereocenters. The van der Waals surface area contributed by atoms with Crippen LogP contribution in [0.2, 0.25) is 0 Å². The maximum Gasteiger partial charge on any atom is 0.240 e. The highest BCUT2D eigenvalue weighted by Gasteiger charge is 2.17. The highest BCUT2D eigenvalue weighted by Crippen LogP contribution is 2.24. The van der Waals surface area contributed by atoms with Crippen LogP contribution in [0.4, 0.5) is 0 Å². The van der Waals surface area contributed by atoms with Gasteiger partial charge < -0.3 is 5.32 Å². The van der Waals surface area contributed by atoms with Gasteiger partial charge in [-0.2, -0.15) is 0 Å². The van der Waals surface area contributed by atoms with Gasteiger partial charge in [-0.05, 0) is 55.4 Å². The van der Waals surface area contributed by atoms with Crippen LogP contribution in [0.5, 0.6) is 0 Å². The molecule has 0 radical (unpaired) electrons. The number of sulfonamides is 1. The molecule has 0 saturated carbocycles. The summed E-state index contributed by atoms with van der Waals surface area (Å²) in [4.78, 5) is 16.9. The lowest BCUT2D eigenvalue weighted by molar-refractivity contribution is -0.121. The Morgan fingerprint density at radius 3 is 2.67 bits per heavy atom. The number of hydrogen-bond acceptors (Lipinski definition) is 5. The zero-order chi connectivity index (χ0) is 21.6. The van der Waals surface area contributed by atoms with Gasteiger partial charge in [0.25, 0.3) is 0 Å². The highest BCUT2D eigenvalue weighted by molar-refractivity contribution is 7.89. The van der Waals surface area contributed by atoms with Gasteiger partial charge in [-0.15, -0.1) is 11.3 Å². The van der Waals surface area contributed by atoms with E-state index >= 15 is 0 Å². The van der Waals surface area contributed by atoms with Crippen molar-refractivity contribution >= 4 is 27.3 Å². The van der Waals surface area contributed by atoms with Crippen LogP contribution in [0.15, 0.2) is 28.5 Å². The lowest BCUT2D eigenvalue weighted by atomic mass is 9.92. The number of amides is 1. The van der Waals surface area contributed by atoms with Crippen molar-refractivity contribution in [3.05, 3.63) is 45.4 Å². The second kappa shape index (κ2) is 10.5. The van der Waals surface area contributed by atoms with Crippen molar-refractivity contribution in [2.24, 2.45) is 0 Å². The van der Waals surface area contributed by atoms with E-state index in [1.807, 2.05) is 11.4 Å².